The van der Waals surface area contributed by atoms with Crippen LogP contribution in [0.1, 0.15) is 12.2 Å². The summed E-state index contributed by atoms with van der Waals surface area (Å²) in [6, 6.07) is 3.85. The van der Waals surface area contributed by atoms with Gasteiger partial charge in [0.05, 0.1) is 45.8 Å². The van der Waals surface area contributed by atoms with Crippen LogP contribution in [0.3, 0.4) is 0 Å². The van der Waals surface area contributed by atoms with E-state index in [0.717, 1.165) is 39.3 Å². The van der Waals surface area contributed by atoms with Crippen molar-refractivity contribution in [2.45, 2.75) is 12.8 Å². The van der Waals surface area contributed by atoms with E-state index in [1.165, 1.54) is 19.6 Å². The zero-order valence-corrected chi connectivity index (χ0v) is 18.7. The molecule has 0 atom stereocenters. The van der Waals surface area contributed by atoms with Gasteiger partial charge >= 0.3 is 12.0 Å². The van der Waals surface area contributed by atoms with Crippen LogP contribution in [-0.2, 0) is 20.7 Å². The van der Waals surface area contributed by atoms with Crippen LogP contribution in [-0.4, -0.2) is 79.5 Å². The van der Waals surface area contributed by atoms with E-state index in [4.69, 9.17) is 18.6 Å². The second kappa shape index (κ2) is 10.9. The van der Waals surface area contributed by atoms with Gasteiger partial charge in [-0.25, -0.2) is 15.0 Å². The molecule has 0 saturated carbocycles. The van der Waals surface area contributed by atoms with Gasteiger partial charge in [-0.2, -0.15) is 0 Å². The van der Waals surface area contributed by atoms with E-state index < -0.39 is 5.97 Å². The van der Waals surface area contributed by atoms with Crippen LogP contribution in [0, 0.1) is 0 Å². The number of ether oxygens (including phenoxy) is 4. The van der Waals surface area contributed by atoms with Gasteiger partial charge in [0, 0.05) is 31.1 Å². The lowest BCUT2D eigenvalue weighted by atomic mass is 10.2. The van der Waals surface area contributed by atoms with Gasteiger partial charge in [-0.1, -0.05) is 0 Å². The molecule has 2 aromatic heterocycles. The molecule has 1 aliphatic rings. The SMILES string of the molecule is COC(=O)Cc1cnc(Nc2ncnc3cc(OCCCN4CCOCC4)c(OC)cc23)o1. The predicted octanol–water partition coefficient (Wildman–Crippen LogP) is 2.19. The average Bonchev–Trinajstić information content (AvgIpc) is 3.28. The summed E-state index contributed by atoms with van der Waals surface area (Å²) in [6.07, 6.45) is 3.80. The van der Waals surface area contributed by atoms with Crippen LogP contribution in [0.15, 0.2) is 29.1 Å². The average molecular weight is 457 g/mol. The molecule has 11 nitrogen and oxygen atoms in total. The molecule has 0 radical (unpaired) electrons. The molecule has 0 amide bonds. The van der Waals surface area contributed by atoms with Crippen molar-refractivity contribution >= 4 is 28.7 Å². The molecule has 3 aromatic rings. The Balaban J connectivity index is 1.44. The highest BCUT2D eigenvalue weighted by molar-refractivity contribution is 5.92. The van der Waals surface area contributed by atoms with E-state index in [2.05, 4.69) is 29.9 Å². The van der Waals surface area contributed by atoms with Crippen molar-refractivity contribution in [1.29, 1.82) is 0 Å². The van der Waals surface area contributed by atoms with E-state index >= 15 is 0 Å². The second-order valence-corrected chi connectivity index (χ2v) is 7.41. The number of carbonyl (C=O) groups is 1. The Bertz CT molecular complexity index is 1080. The fraction of sp³-hybridized carbons (Fsp3) is 0.455. The van der Waals surface area contributed by atoms with Gasteiger partial charge in [0.15, 0.2) is 11.5 Å². The molecule has 3 heterocycles. The number of hydrogen-bond acceptors (Lipinski definition) is 11. The minimum absolute atomic E-state index is 0.00421. The summed E-state index contributed by atoms with van der Waals surface area (Å²) in [4.78, 5) is 26.6. The molecule has 1 N–H and O–H groups in total. The Morgan fingerprint density at radius 1 is 1.15 bits per heavy atom. The molecular formula is C22H27N5O6. The number of rotatable bonds is 10. The topological polar surface area (TPSA) is 121 Å². The zero-order valence-electron chi connectivity index (χ0n) is 18.7. The van der Waals surface area contributed by atoms with Crippen LogP contribution in [0.4, 0.5) is 11.8 Å². The third kappa shape index (κ3) is 5.88. The molecule has 1 fully saturated rings. The number of nitrogens with zero attached hydrogens (tertiary/aromatic N) is 4. The number of benzene rings is 1. The summed E-state index contributed by atoms with van der Waals surface area (Å²) < 4.78 is 27.1. The first kappa shape index (κ1) is 22.7. The third-order valence-corrected chi connectivity index (χ3v) is 5.23. The minimum atomic E-state index is -0.410. The predicted molar refractivity (Wildman–Crippen MR) is 119 cm³/mol. The normalized spacial score (nSPS) is 14.2. The Hall–Kier alpha value is -3.44. The van der Waals surface area contributed by atoms with Gasteiger partial charge in [0.2, 0.25) is 0 Å². The first-order valence-electron chi connectivity index (χ1n) is 10.7. The summed E-state index contributed by atoms with van der Waals surface area (Å²) in [6.45, 7) is 5.02. The number of fused-ring (bicyclic) bond motifs is 1. The van der Waals surface area contributed by atoms with Crippen molar-refractivity contribution in [3.05, 3.63) is 30.4 Å². The van der Waals surface area contributed by atoms with Crippen LogP contribution in [0.2, 0.25) is 0 Å². The maximum Gasteiger partial charge on any atom is 0.313 e. The lowest BCUT2D eigenvalue weighted by molar-refractivity contribution is -0.140. The summed E-state index contributed by atoms with van der Waals surface area (Å²) >= 11 is 0. The van der Waals surface area contributed by atoms with Gasteiger partial charge in [0.1, 0.15) is 24.3 Å². The van der Waals surface area contributed by atoms with E-state index in [-0.39, 0.29) is 12.4 Å². The lowest BCUT2D eigenvalue weighted by Gasteiger charge is -2.26. The van der Waals surface area contributed by atoms with E-state index in [9.17, 15) is 4.79 Å². The summed E-state index contributed by atoms with van der Waals surface area (Å²) in [5.41, 5.74) is 0.679. The van der Waals surface area contributed by atoms with Crippen LogP contribution in [0.25, 0.3) is 10.9 Å². The minimum Gasteiger partial charge on any atom is -0.493 e. The van der Waals surface area contributed by atoms with E-state index in [1.807, 2.05) is 12.1 Å². The number of carbonyl (C=O) groups excluding carboxylic acids is 1. The van der Waals surface area contributed by atoms with Crippen molar-refractivity contribution in [1.82, 2.24) is 19.9 Å². The maximum atomic E-state index is 11.4. The number of oxazole rings is 1. The van der Waals surface area contributed by atoms with Gasteiger partial charge in [-0.05, 0) is 12.5 Å². The highest BCUT2D eigenvalue weighted by atomic mass is 16.5. The zero-order chi connectivity index (χ0) is 23.0. The van der Waals surface area contributed by atoms with Gasteiger partial charge in [-0.3, -0.25) is 15.0 Å². The number of anilines is 2. The first-order valence-corrected chi connectivity index (χ1v) is 10.7. The lowest BCUT2D eigenvalue weighted by Crippen LogP contribution is -2.37. The quantitative estimate of drug-likeness (QED) is 0.356. The number of esters is 1. The maximum absolute atomic E-state index is 11.4. The largest absolute Gasteiger partial charge is 0.493 e. The fourth-order valence-corrected chi connectivity index (χ4v) is 3.49. The summed E-state index contributed by atoms with van der Waals surface area (Å²) in [5.74, 6) is 1.66. The molecule has 176 valence electrons. The number of methoxy groups -OCH3 is 2. The number of hydrogen-bond donors (Lipinski definition) is 1. The molecular weight excluding hydrogens is 430 g/mol. The van der Waals surface area contributed by atoms with Crippen LogP contribution in [0.5, 0.6) is 11.5 Å². The molecule has 1 aromatic carbocycles. The number of nitrogens with one attached hydrogen (secondary N) is 1. The van der Waals surface area contributed by atoms with E-state index in [1.54, 1.807) is 7.11 Å². The van der Waals surface area contributed by atoms with Crippen molar-refractivity contribution in [2.24, 2.45) is 0 Å². The summed E-state index contributed by atoms with van der Waals surface area (Å²) in [7, 11) is 2.91. The molecule has 0 bridgehead atoms. The Morgan fingerprint density at radius 3 is 2.79 bits per heavy atom. The van der Waals surface area contributed by atoms with Gasteiger partial charge in [-0.15, -0.1) is 0 Å². The van der Waals surface area contributed by atoms with Crippen molar-refractivity contribution < 1.29 is 28.2 Å². The van der Waals surface area contributed by atoms with Crippen molar-refractivity contribution in [2.75, 3.05) is 59.0 Å². The molecule has 0 aliphatic carbocycles. The monoisotopic (exact) mass is 457 g/mol. The van der Waals surface area contributed by atoms with Crippen molar-refractivity contribution in [3.8, 4) is 11.5 Å². The highest BCUT2D eigenvalue weighted by Gasteiger charge is 2.15. The van der Waals surface area contributed by atoms with Crippen LogP contribution < -0.4 is 14.8 Å². The second-order valence-electron chi connectivity index (χ2n) is 7.41. The molecule has 1 aliphatic heterocycles. The van der Waals surface area contributed by atoms with Gasteiger partial charge < -0.3 is 23.4 Å². The molecule has 33 heavy (non-hydrogen) atoms. The van der Waals surface area contributed by atoms with Crippen LogP contribution >= 0.6 is 0 Å². The van der Waals surface area contributed by atoms with Gasteiger partial charge in [0.25, 0.3) is 0 Å². The fourth-order valence-electron chi connectivity index (χ4n) is 3.49. The summed E-state index contributed by atoms with van der Waals surface area (Å²) in [5, 5.41) is 3.74. The third-order valence-electron chi connectivity index (χ3n) is 5.23. The molecule has 0 unspecified atom stereocenters. The number of aromatic nitrogens is 3. The number of morpholine rings is 1. The highest BCUT2D eigenvalue weighted by Crippen LogP contribution is 2.34. The van der Waals surface area contributed by atoms with Crippen molar-refractivity contribution in [3.63, 3.8) is 0 Å². The Labute approximate surface area is 191 Å². The molecule has 0 spiro atoms. The Morgan fingerprint density at radius 2 is 2.00 bits per heavy atom. The smallest absolute Gasteiger partial charge is 0.313 e. The van der Waals surface area contributed by atoms with E-state index in [0.29, 0.717) is 40.6 Å². The molecule has 11 heteroatoms. The standard InChI is InChI=1S/C22H27N5O6/c1-29-18-11-16-17(12-19(18)32-7-3-4-27-5-8-31-9-6-27)24-14-25-21(16)26-22-23-13-15(33-22)10-20(28)30-2/h11-14H,3-10H2,1-2H3,(H,23,24,25,26). The Kier molecular flexibility index (Phi) is 7.53. The molecule has 4 rings (SSSR count). The first-order chi connectivity index (χ1) is 16.2. The molecule has 1 saturated heterocycles.